The molecule has 0 amide bonds. The number of rotatable bonds is 3. The van der Waals surface area contributed by atoms with Crippen LogP contribution in [0.3, 0.4) is 0 Å². The van der Waals surface area contributed by atoms with Gasteiger partial charge in [-0.3, -0.25) is 0 Å². The second kappa shape index (κ2) is 5.54. The summed E-state index contributed by atoms with van der Waals surface area (Å²) in [6.45, 7) is 4.33. The molecule has 2 N–H and O–H groups in total. The number of nitrogens with two attached hydrogens (primary N) is 1. The Morgan fingerprint density at radius 3 is 2.77 bits per heavy atom. The van der Waals surface area contributed by atoms with Crippen LogP contribution in [-0.4, -0.2) is 26.8 Å². The topological polar surface area (TPSA) is 92.0 Å². The van der Waals surface area contributed by atoms with Crippen LogP contribution in [0.15, 0.2) is 10.9 Å². The first-order valence-electron chi connectivity index (χ1n) is 9.27. The lowest BCUT2D eigenvalue weighted by atomic mass is 10.0. The standard InChI is InChI=1S/C19H23N5O2/c1-9(2)24-11-6-7-12(25-3)14-16(23-26-17(14)10-4-5-10)13(11)15-18(20)21-8-22-19(15)24/h8-10,12H,4-7H2,1-3H3,(H2,20,21,22)/t12-/m1/s1. The van der Waals surface area contributed by atoms with Crippen molar-refractivity contribution in [2.45, 2.75) is 57.6 Å². The van der Waals surface area contributed by atoms with Gasteiger partial charge in [-0.15, -0.1) is 0 Å². The molecule has 26 heavy (non-hydrogen) atoms. The second-order valence-corrected chi connectivity index (χ2v) is 7.59. The average Bonchev–Trinajstić information content (AvgIpc) is 3.31. The van der Waals surface area contributed by atoms with Gasteiger partial charge in [-0.2, -0.15) is 0 Å². The minimum Gasteiger partial charge on any atom is -0.383 e. The van der Waals surface area contributed by atoms with Crippen molar-refractivity contribution >= 4 is 16.9 Å². The number of methoxy groups -OCH3 is 1. The molecule has 2 aliphatic rings. The van der Waals surface area contributed by atoms with E-state index in [9.17, 15) is 0 Å². The Morgan fingerprint density at radius 2 is 2.08 bits per heavy atom. The van der Waals surface area contributed by atoms with Gasteiger partial charge in [-0.05, 0) is 39.5 Å². The van der Waals surface area contributed by atoms with Gasteiger partial charge in [0.05, 0.1) is 17.1 Å². The number of aromatic nitrogens is 4. The van der Waals surface area contributed by atoms with E-state index in [2.05, 4.69) is 33.5 Å². The molecule has 0 spiro atoms. The van der Waals surface area contributed by atoms with Crippen LogP contribution >= 0.6 is 0 Å². The molecule has 3 aromatic rings. The summed E-state index contributed by atoms with van der Waals surface area (Å²) < 4.78 is 13.9. The van der Waals surface area contributed by atoms with Crippen molar-refractivity contribution in [3.8, 4) is 11.3 Å². The number of nitrogens with zero attached hydrogens (tertiary/aromatic N) is 4. The summed E-state index contributed by atoms with van der Waals surface area (Å²) in [4.78, 5) is 8.80. The minimum absolute atomic E-state index is 0.0132. The fraction of sp³-hybridized carbons (Fsp3) is 0.526. The van der Waals surface area contributed by atoms with E-state index in [4.69, 9.17) is 15.0 Å². The van der Waals surface area contributed by atoms with Gasteiger partial charge >= 0.3 is 0 Å². The molecular formula is C19H23N5O2. The number of anilines is 1. The molecule has 0 radical (unpaired) electrons. The molecule has 1 saturated carbocycles. The summed E-state index contributed by atoms with van der Waals surface area (Å²) in [5, 5.41) is 5.38. The maximum absolute atomic E-state index is 6.29. The number of fused-ring (bicyclic) bond motifs is 5. The van der Waals surface area contributed by atoms with Crippen LogP contribution in [-0.2, 0) is 11.2 Å². The van der Waals surface area contributed by atoms with Crippen molar-refractivity contribution in [1.82, 2.24) is 19.7 Å². The smallest absolute Gasteiger partial charge is 0.146 e. The maximum Gasteiger partial charge on any atom is 0.146 e. The van der Waals surface area contributed by atoms with Crippen molar-refractivity contribution in [3.63, 3.8) is 0 Å². The van der Waals surface area contributed by atoms with Crippen molar-refractivity contribution in [1.29, 1.82) is 0 Å². The average molecular weight is 353 g/mol. The highest BCUT2D eigenvalue weighted by molar-refractivity contribution is 6.02. The summed E-state index contributed by atoms with van der Waals surface area (Å²) in [7, 11) is 1.76. The molecule has 1 fully saturated rings. The molecule has 2 aliphatic carbocycles. The highest BCUT2D eigenvalue weighted by Gasteiger charge is 2.39. The molecule has 7 nitrogen and oxygen atoms in total. The van der Waals surface area contributed by atoms with Gasteiger partial charge in [0, 0.05) is 30.3 Å². The third-order valence-corrected chi connectivity index (χ3v) is 5.62. The summed E-state index contributed by atoms with van der Waals surface area (Å²) >= 11 is 0. The SMILES string of the molecule is CO[C@@H]1CCc2c(c3c(N)ncnc3n2C(C)C)-c2noc(C3CC3)c21. The number of nitrogen functional groups attached to an aromatic ring is 1. The minimum atomic E-state index is -0.0132. The molecule has 136 valence electrons. The quantitative estimate of drug-likeness (QED) is 0.771. The largest absolute Gasteiger partial charge is 0.383 e. The predicted octanol–water partition coefficient (Wildman–Crippen LogP) is 3.76. The third-order valence-electron chi connectivity index (χ3n) is 5.62. The van der Waals surface area contributed by atoms with Crippen molar-refractivity contribution in [3.05, 3.63) is 23.3 Å². The fourth-order valence-corrected chi connectivity index (χ4v) is 4.35. The van der Waals surface area contributed by atoms with Gasteiger partial charge in [-0.1, -0.05) is 5.16 Å². The van der Waals surface area contributed by atoms with Crippen molar-refractivity contribution < 1.29 is 9.26 Å². The summed E-state index contributed by atoms with van der Waals surface area (Å²) in [6, 6.07) is 0.257. The highest BCUT2D eigenvalue weighted by atomic mass is 16.5. The van der Waals surface area contributed by atoms with Crippen LogP contribution in [0.2, 0.25) is 0 Å². The van der Waals surface area contributed by atoms with E-state index in [0.29, 0.717) is 11.7 Å². The van der Waals surface area contributed by atoms with Crippen LogP contribution in [0, 0.1) is 0 Å². The van der Waals surface area contributed by atoms with Gasteiger partial charge in [-0.25, -0.2) is 9.97 Å². The number of hydrogen-bond acceptors (Lipinski definition) is 6. The Kier molecular flexibility index (Phi) is 3.37. The Bertz CT molecular complexity index is 999. The van der Waals surface area contributed by atoms with Crippen LogP contribution in [0.1, 0.15) is 68.2 Å². The first-order valence-corrected chi connectivity index (χ1v) is 9.27. The first-order chi connectivity index (χ1) is 12.6. The van der Waals surface area contributed by atoms with E-state index in [1.807, 2.05) is 0 Å². The second-order valence-electron chi connectivity index (χ2n) is 7.59. The summed E-state index contributed by atoms with van der Waals surface area (Å²) in [5.41, 5.74) is 11.3. The molecule has 0 aromatic carbocycles. The molecule has 0 saturated heterocycles. The van der Waals surface area contributed by atoms with Gasteiger partial charge in [0.2, 0.25) is 0 Å². The van der Waals surface area contributed by atoms with Crippen LogP contribution in [0.25, 0.3) is 22.3 Å². The Hall–Kier alpha value is -2.41. The zero-order valence-electron chi connectivity index (χ0n) is 15.3. The van der Waals surface area contributed by atoms with E-state index < -0.39 is 0 Å². The molecule has 0 aliphatic heterocycles. The van der Waals surface area contributed by atoms with Crippen LogP contribution in [0.5, 0.6) is 0 Å². The lowest BCUT2D eigenvalue weighted by Gasteiger charge is -2.16. The maximum atomic E-state index is 6.29. The Balaban J connectivity index is 1.88. The van der Waals surface area contributed by atoms with E-state index in [1.54, 1.807) is 7.11 Å². The molecular weight excluding hydrogens is 330 g/mol. The van der Waals surface area contributed by atoms with E-state index in [0.717, 1.165) is 59.3 Å². The Labute approximate surface area is 151 Å². The van der Waals surface area contributed by atoms with Crippen LogP contribution < -0.4 is 5.73 Å². The molecule has 1 atom stereocenters. The lowest BCUT2D eigenvalue weighted by Crippen LogP contribution is -2.08. The predicted molar refractivity (Wildman–Crippen MR) is 97.9 cm³/mol. The van der Waals surface area contributed by atoms with Crippen molar-refractivity contribution in [2.75, 3.05) is 12.8 Å². The van der Waals surface area contributed by atoms with Gasteiger partial charge < -0.3 is 19.6 Å². The summed E-state index contributed by atoms with van der Waals surface area (Å²) in [6.07, 6.45) is 5.60. The van der Waals surface area contributed by atoms with Crippen LogP contribution in [0.4, 0.5) is 5.82 Å². The van der Waals surface area contributed by atoms with E-state index in [1.165, 1.54) is 12.0 Å². The van der Waals surface area contributed by atoms with Gasteiger partial charge in [0.25, 0.3) is 0 Å². The zero-order chi connectivity index (χ0) is 18.0. The Morgan fingerprint density at radius 1 is 1.27 bits per heavy atom. The number of ether oxygens (including phenoxy) is 1. The van der Waals surface area contributed by atoms with Crippen molar-refractivity contribution in [2.24, 2.45) is 0 Å². The van der Waals surface area contributed by atoms with Gasteiger partial charge in [0.15, 0.2) is 0 Å². The van der Waals surface area contributed by atoms with E-state index >= 15 is 0 Å². The molecule has 7 heteroatoms. The highest BCUT2D eigenvalue weighted by Crippen LogP contribution is 2.51. The van der Waals surface area contributed by atoms with E-state index in [-0.39, 0.29) is 12.1 Å². The molecule has 3 aromatic heterocycles. The monoisotopic (exact) mass is 353 g/mol. The molecule has 5 rings (SSSR count). The summed E-state index contributed by atoms with van der Waals surface area (Å²) in [5.74, 6) is 1.95. The lowest BCUT2D eigenvalue weighted by molar-refractivity contribution is 0.0948. The van der Waals surface area contributed by atoms with Gasteiger partial charge in [0.1, 0.15) is 29.2 Å². The third kappa shape index (κ3) is 2.06. The normalized spacial score (nSPS) is 19.6. The first kappa shape index (κ1) is 15.8. The molecule has 0 bridgehead atoms. The fourth-order valence-electron chi connectivity index (χ4n) is 4.35. The zero-order valence-corrected chi connectivity index (χ0v) is 15.3. The molecule has 3 heterocycles. The molecule has 0 unspecified atom stereocenters. The number of hydrogen-bond donors (Lipinski definition) is 1.